The van der Waals surface area contributed by atoms with E-state index in [2.05, 4.69) is 10.1 Å². The maximum absolute atomic E-state index is 12.6. The highest BCUT2D eigenvalue weighted by atomic mass is 16.5. The summed E-state index contributed by atoms with van der Waals surface area (Å²) in [5.74, 6) is 1.71. The van der Waals surface area contributed by atoms with Crippen molar-refractivity contribution in [3.05, 3.63) is 0 Å². The molecule has 5 heteroatoms. The van der Waals surface area contributed by atoms with Gasteiger partial charge in [-0.2, -0.15) is 0 Å². The zero-order valence-electron chi connectivity index (χ0n) is 14.8. The molecule has 23 heavy (non-hydrogen) atoms. The standard InChI is InChI=1S/C18H32N2O3/c1-4-13(12-19-18(22)23-3)17(21)20(2)16-10-15(11-16)14-8-6-5-7-9-14/h13-16H,4-12H2,1-3H3,(H,19,22)/t13-,15?,16?/m1/s1. The molecular formula is C18H32N2O3. The number of carbonyl (C=O) groups excluding carboxylic acids is 2. The Kier molecular flexibility index (Phi) is 6.72. The molecule has 5 nitrogen and oxygen atoms in total. The Morgan fingerprint density at radius 1 is 1.17 bits per heavy atom. The van der Waals surface area contributed by atoms with Gasteiger partial charge in [0.15, 0.2) is 0 Å². The molecule has 0 aliphatic heterocycles. The number of nitrogens with zero attached hydrogens (tertiary/aromatic N) is 1. The summed E-state index contributed by atoms with van der Waals surface area (Å²) in [4.78, 5) is 25.7. The Morgan fingerprint density at radius 2 is 1.83 bits per heavy atom. The molecule has 2 aliphatic rings. The summed E-state index contributed by atoms with van der Waals surface area (Å²) in [6.45, 7) is 2.34. The lowest BCUT2D eigenvalue weighted by molar-refractivity contribution is -0.139. The molecule has 0 heterocycles. The van der Waals surface area contributed by atoms with E-state index in [0.29, 0.717) is 12.6 Å². The van der Waals surface area contributed by atoms with Crippen LogP contribution in [0.2, 0.25) is 0 Å². The fraction of sp³-hybridized carbons (Fsp3) is 0.889. The Hall–Kier alpha value is -1.26. The van der Waals surface area contributed by atoms with Gasteiger partial charge in [-0.1, -0.05) is 39.0 Å². The minimum atomic E-state index is -0.472. The molecule has 1 N–H and O–H groups in total. The van der Waals surface area contributed by atoms with Crippen LogP contribution < -0.4 is 5.32 Å². The summed E-state index contributed by atoms with van der Waals surface area (Å²) >= 11 is 0. The minimum absolute atomic E-state index is 0.149. The van der Waals surface area contributed by atoms with Crippen LogP contribution in [0.4, 0.5) is 4.79 Å². The first-order chi connectivity index (χ1) is 11.1. The van der Waals surface area contributed by atoms with Crippen molar-refractivity contribution in [3.8, 4) is 0 Å². The molecule has 1 atom stereocenters. The van der Waals surface area contributed by atoms with Crippen LogP contribution in [0.15, 0.2) is 0 Å². The third-order valence-corrected chi connectivity index (χ3v) is 5.88. The van der Waals surface area contributed by atoms with Crippen LogP contribution in [0, 0.1) is 17.8 Å². The van der Waals surface area contributed by atoms with Crippen molar-refractivity contribution < 1.29 is 14.3 Å². The summed E-state index contributed by atoms with van der Waals surface area (Å²) in [6.07, 6.45) is 9.52. The average Bonchev–Trinajstić information content (AvgIpc) is 2.54. The van der Waals surface area contributed by atoms with Crippen molar-refractivity contribution in [3.63, 3.8) is 0 Å². The first-order valence-corrected chi connectivity index (χ1v) is 9.15. The number of ether oxygens (including phenoxy) is 1. The summed E-state index contributed by atoms with van der Waals surface area (Å²) in [5, 5.41) is 2.65. The van der Waals surface area contributed by atoms with Crippen LogP contribution in [-0.2, 0) is 9.53 Å². The number of methoxy groups -OCH3 is 1. The van der Waals surface area contributed by atoms with Crippen molar-refractivity contribution >= 4 is 12.0 Å². The first kappa shape index (κ1) is 18.1. The van der Waals surface area contributed by atoms with Gasteiger partial charge in [-0.25, -0.2) is 4.79 Å². The van der Waals surface area contributed by atoms with E-state index in [0.717, 1.165) is 31.1 Å². The highest BCUT2D eigenvalue weighted by molar-refractivity contribution is 5.80. The van der Waals surface area contributed by atoms with Crippen LogP contribution in [0.5, 0.6) is 0 Å². The second-order valence-corrected chi connectivity index (χ2v) is 7.21. The number of rotatable bonds is 6. The average molecular weight is 324 g/mol. The van der Waals surface area contributed by atoms with Crippen molar-refractivity contribution in [1.82, 2.24) is 10.2 Å². The van der Waals surface area contributed by atoms with Crippen LogP contribution in [-0.4, -0.2) is 43.6 Å². The molecule has 0 saturated heterocycles. The highest BCUT2D eigenvalue weighted by Gasteiger charge is 2.39. The van der Waals surface area contributed by atoms with Crippen molar-refractivity contribution in [2.75, 3.05) is 20.7 Å². The van der Waals surface area contributed by atoms with Crippen LogP contribution >= 0.6 is 0 Å². The van der Waals surface area contributed by atoms with E-state index in [9.17, 15) is 9.59 Å². The smallest absolute Gasteiger partial charge is 0.406 e. The van der Waals surface area contributed by atoms with E-state index in [4.69, 9.17) is 0 Å². The fourth-order valence-electron chi connectivity index (χ4n) is 4.09. The molecule has 2 aliphatic carbocycles. The Morgan fingerprint density at radius 3 is 2.39 bits per heavy atom. The third-order valence-electron chi connectivity index (χ3n) is 5.88. The second-order valence-electron chi connectivity index (χ2n) is 7.21. The van der Waals surface area contributed by atoms with Gasteiger partial charge in [0.25, 0.3) is 0 Å². The molecule has 2 fully saturated rings. The minimum Gasteiger partial charge on any atom is -0.453 e. The number of amides is 2. The number of alkyl carbamates (subject to hydrolysis) is 1. The van der Waals surface area contributed by atoms with Gasteiger partial charge in [-0.15, -0.1) is 0 Å². The lowest BCUT2D eigenvalue weighted by Crippen LogP contribution is -2.50. The van der Waals surface area contributed by atoms with Gasteiger partial charge in [-0.05, 0) is 31.1 Å². The van der Waals surface area contributed by atoms with E-state index in [-0.39, 0.29) is 11.8 Å². The second kappa shape index (κ2) is 8.55. The van der Waals surface area contributed by atoms with Gasteiger partial charge in [0.2, 0.25) is 5.91 Å². The maximum atomic E-state index is 12.6. The molecular weight excluding hydrogens is 292 g/mol. The summed E-state index contributed by atoms with van der Waals surface area (Å²) in [7, 11) is 3.26. The molecule has 2 saturated carbocycles. The summed E-state index contributed by atoms with van der Waals surface area (Å²) in [5.41, 5.74) is 0. The lowest BCUT2D eigenvalue weighted by Gasteiger charge is -2.46. The van der Waals surface area contributed by atoms with Crippen LogP contribution in [0.1, 0.15) is 58.3 Å². The van der Waals surface area contributed by atoms with Gasteiger partial charge in [0.05, 0.1) is 13.0 Å². The van der Waals surface area contributed by atoms with E-state index in [1.807, 2.05) is 18.9 Å². The maximum Gasteiger partial charge on any atom is 0.406 e. The van der Waals surface area contributed by atoms with E-state index >= 15 is 0 Å². The van der Waals surface area contributed by atoms with Gasteiger partial charge >= 0.3 is 6.09 Å². The predicted octanol–water partition coefficient (Wildman–Crippen LogP) is 3.19. The lowest BCUT2D eigenvalue weighted by atomic mass is 9.67. The molecule has 0 radical (unpaired) electrons. The quantitative estimate of drug-likeness (QED) is 0.816. The SMILES string of the molecule is CC[C@H](CNC(=O)OC)C(=O)N(C)C1CC(C2CCCCC2)C1. The number of hydrogen-bond donors (Lipinski definition) is 1. The zero-order valence-corrected chi connectivity index (χ0v) is 14.8. The molecule has 0 aromatic heterocycles. The van der Waals surface area contributed by atoms with Crippen LogP contribution in [0.25, 0.3) is 0 Å². The monoisotopic (exact) mass is 324 g/mol. The molecule has 0 aromatic rings. The zero-order chi connectivity index (χ0) is 16.8. The van der Waals surface area contributed by atoms with Gasteiger partial charge in [-0.3, -0.25) is 4.79 Å². The largest absolute Gasteiger partial charge is 0.453 e. The van der Waals surface area contributed by atoms with Crippen molar-refractivity contribution in [1.29, 1.82) is 0 Å². The Balaban J connectivity index is 1.76. The topological polar surface area (TPSA) is 58.6 Å². The van der Waals surface area contributed by atoms with Gasteiger partial charge < -0.3 is 15.0 Å². The Labute approximate surface area is 140 Å². The van der Waals surface area contributed by atoms with E-state index < -0.39 is 6.09 Å². The number of carbonyl (C=O) groups is 2. The van der Waals surface area contributed by atoms with Crippen molar-refractivity contribution in [2.45, 2.75) is 64.3 Å². The molecule has 0 aromatic carbocycles. The molecule has 2 amide bonds. The molecule has 0 bridgehead atoms. The van der Waals surface area contributed by atoms with Gasteiger partial charge in [0, 0.05) is 19.6 Å². The van der Waals surface area contributed by atoms with E-state index in [1.54, 1.807) is 0 Å². The first-order valence-electron chi connectivity index (χ1n) is 9.15. The molecule has 132 valence electrons. The summed E-state index contributed by atoms with van der Waals surface area (Å²) < 4.78 is 4.57. The molecule has 0 unspecified atom stereocenters. The Bertz CT molecular complexity index is 401. The molecule has 2 rings (SSSR count). The van der Waals surface area contributed by atoms with Crippen molar-refractivity contribution in [2.24, 2.45) is 17.8 Å². The molecule has 0 spiro atoms. The normalized spacial score (nSPS) is 26.0. The third kappa shape index (κ3) is 4.61. The number of hydrogen-bond acceptors (Lipinski definition) is 3. The van der Waals surface area contributed by atoms with Gasteiger partial charge in [0.1, 0.15) is 0 Å². The predicted molar refractivity (Wildman–Crippen MR) is 90.0 cm³/mol. The summed E-state index contributed by atoms with van der Waals surface area (Å²) in [6, 6.07) is 0.390. The number of nitrogens with one attached hydrogen (secondary N) is 1. The van der Waals surface area contributed by atoms with Crippen LogP contribution in [0.3, 0.4) is 0 Å². The highest BCUT2D eigenvalue weighted by Crippen LogP contribution is 2.43. The fourth-order valence-corrected chi connectivity index (χ4v) is 4.09. The van der Waals surface area contributed by atoms with E-state index in [1.165, 1.54) is 39.2 Å².